The normalized spacial score (nSPS) is 13.8. The van der Waals surface area contributed by atoms with Crippen molar-refractivity contribution in [1.82, 2.24) is 4.31 Å². The molecule has 0 rings (SSSR count). The summed E-state index contributed by atoms with van der Waals surface area (Å²) in [6.07, 6.45) is 0.230. The topological polar surface area (TPSA) is 96.0 Å². The summed E-state index contributed by atoms with van der Waals surface area (Å²) in [5.74, 6) is 0.0911. The second-order valence-electron chi connectivity index (χ2n) is 3.45. The van der Waals surface area contributed by atoms with E-state index >= 15 is 0 Å². The quantitative estimate of drug-likeness (QED) is 0.298. The molecule has 0 unspecified atom stereocenters. The Bertz CT molecular complexity index is 311. The summed E-state index contributed by atoms with van der Waals surface area (Å²) in [4.78, 5) is 0. The first-order valence-corrected chi connectivity index (χ1v) is 6.42. The molecule has 0 aromatic rings. The fourth-order valence-corrected chi connectivity index (χ4v) is 2.50. The van der Waals surface area contributed by atoms with Crippen molar-refractivity contribution < 1.29 is 13.6 Å². The molecule has 0 atom stereocenters. The summed E-state index contributed by atoms with van der Waals surface area (Å²) in [6.45, 7) is 5.41. The van der Waals surface area contributed by atoms with Crippen molar-refractivity contribution >= 4 is 15.9 Å². The lowest BCUT2D eigenvalue weighted by Gasteiger charge is -2.24. The highest BCUT2D eigenvalue weighted by Gasteiger charge is 2.22. The van der Waals surface area contributed by atoms with Crippen molar-refractivity contribution in [2.75, 3.05) is 12.3 Å². The second kappa shape index (κ2) is 5.92. The molecule has 0 saturated carbocycles. The van der Waals surface area contributed by atoms with E-state index in [-0.39, 0.29) is 30.6 Å². The minimum Gasteiger partial charge on any atom is -0.409 e. The minimum atomic E-state index is -3.22. The predicted octanol–water partition coefficient (Wildman–Crippen LogP) is 0.183. The zero-order valence-corrected chi connectivity index (χ0v) is 10.2. The fraction of sp³-hybridized carbons (Fsp3) is 0.875. The second-order valence-corrected chi connectivity index (χ2v) is 5.66. The van der Waals surface area contributed by atoms with Crippen molar-refractivity contribution in [3.05, 3.63) is 0 Å². The van der Waals surface area contributed by atoms with Gasteiger partial charge in [0, 0.05) is 19.0 Å². The maximum absolute atomic E-state index is 11.6. The molecular formula is C8H19N3O3S. The van der Waals surface area contributed by atoms with Crippen LogP contribution in [0.2, 0.25) is 0 Å². The molecule has 0 aliphatic rings. The molecule has 0 heterocycles. The van der Waals surface area contributed by atoms with E-state index in [0.717, 1.165) is 0 Å². The summed E-state index contributed by atoms with van der Waals surface area (Å²) >= 11 is 0. The number of nitrogens with zero attached hydrogens (tertiary/aromatic N) is 2. The third kappa shape index (κ3) is 4.48. The molecule has 6 nitrogen and oxygen atoms in total. The smallest absolute Gasteiger partial charge is 0.214 e. The lowest BCUT2D eigenvalue weighted by atomic mass is 10.3. The Morgan fingerprint density at radius 1 is 1.53 bits per heavy atom. The predicted molar refractivity (Wildman–Crippen MR) is 59.3 cm³/mol. The van der Waals surface area contributed by atoms with Crippen molar-refractivity contribution in [2.45, 2.75) is 33.2 Å². The van der Waals surface area contributed by atoms with Gasteiger partial charge >= 0.3 is 0 Å². The SMILES string of the molecule is CCS(=O)(=O)N(CCC(N)=NO)C(C)C. The summed E-state index contributed by atoms with van der Waals surface area (Å²) in [7, 11) is -3.22. The molecule has 0 aromatic heterocycles. The molecule has 0 aliphatic heterocycles. The number of oxime groups is 1. The molecule has 15 heavy (non-hydrogen) atoms. The van der Waals surface area contributed by atoms with Crippen LogP contribution < -0.4 is 5.73 Å². The van der Waals surface area contributed by atoms with Crippen molar-refractivity contribution in [1.29, 1.82) is 0 Å². The molecule has 0 aliphatic carbocycles. The van der Waals surface area contributed by atoms with Crippen LogP contribution in [0, 0.1) is 0 Å². The van der Waals surface area contributed by atoms with Crippen LogP contribution in [0.25, 0.3) is 0 Å². The molecule has 0 aromatic carbocycles. The Balaban J connectivity index is 4.58. The summed E-state index contributed by atoms with van der Waals surface area (Å²) in [5, 5.41) is 11.1. The number of nitrogens with two attached hydrogens (primary N) is 1. The van der Waals surface area contributed by atoms with Gasteiger partial charge in [-0.3, -0.25) is 0 Å². The maximum atomic E-state index is 11.6. The summed E-state index contributed by atoms with van der Waals surface area (Å²) in [6, 6.07) is -0.124. The molecule has 0 amide bonds. The maximum Gasteiger partial charge on any atom is 0.214 e. The monoisotopic (exact) mass is 237 g/mol. The lowest BCUT2D eigenvalue weighted by Crippen LogP contribution is -2.40. The Kier molecular flexibility index (Phi) is 5.59. The molecule has 3 N–H and O–H groups in total. The van der Waals surface area contributed by atoms with Gasteiger partial charge < -0.3 is 10.9 Å². The van der Waals surface area contributed by atoms with Gasteiger partial charge in [-0.25, -0.2) is 8.42 Å². The first kappa shape index (κ1) is 14.2. The van der Waals surface area contributed by atoms with Crippen LogP contribution in [0.1, 0.15) is 27.2 Å². The van der Waals surface area contributed by atoms with Gasteiger partial charge in [-0.2, -0.15) is 4.31 Å². The molecule has 7 heteroatoms. The van der Waals surface area contributed by atoms with E-state index in [0.29, 0.717) is 0 Å². The van der Waals surface area contributed by atoms with Crippen LogP contribution in [0.15, 0.2) is 5.16 Å². The first-order chi connectivity index (χ1) is 6.85. The van der Waals surface area contributed by atoms with Gasteiger partial charge in [-0.1, -0.05) is 5.16 Å². The van der Waals surface area contributed by atoms with Gasteiger partial charge in [0.1, 0.15) is 5.84 Å². The van der Waals surface area contributed by atoms with Crippen LogP contribution in [0.3, 0.4) is 0 Å². The first-order valence-electron chi connectivity index (χ1n) is 4.81. The Hall–Kier alpha value is -0.820. The molecule has 0 fully saturated rings. The average molecular weight is 237 g/mol. The number of sulfonamides is 1. The van der Waals surface area contributed by atoms with E-state index < -0.39 is 10.0 Å². The molecule has 90 valence electrons. The van der Waals surface area contributed by atoms with Gasteiger partial charge in [0.15, 0.2) is 0 Å². The van der Waals surface area contributed by atoms with Crippen molar-refractivity contribution in [2.24, 2.45) is 10.9 Å². The Morgan fingerprint density at radius 3 is 2.40 bits per heavy atom. The van der Waals surface area contributed by atoms with Crippen LogP contribution in [-0.4, -0.2) is 42.1 Å². The third-order valence-corrected chi connectivity index (χ3v) is 4.06. The number of hydrogen-bond acceptors (Lipinski definition) is 4. The Labute approximate surface area is 90.8 Å². The molecule has 0 radical (unpaired) electrons. The van der Waals surface area contributed by atoms with Gasteiger partial charge in [-0.05, 0) is 20.8 Å². The molecular weight excluding hydrogens is 218 g/mol. The molecule has 0 bridgehead atoms. The zero-order valence-electron chi connectivity index (χ0n) is 9.34. The van der Waals surface area contributed by atoms with Crippen LogP contribution in [0.4, 0.5) is 0 Å². The van der Waals surface area contributed by atoms with Gasteiger partial charge in [0.2, 0.25) is 10.0 Å². The number of hydrogen-bond donors (Lipinski definition) is 2. The highest BCUT2D eigenvalue weighted by Crippen LogP contribution is 2.08. The highest BCUT2D eigenvalue weighted by atomic mass is 32.2. The van der Waals surface area contributed by atoms with E-state index in [9.17, 15) is 8.42 Å². The van der Waals surface area contributed by atoms with Crippen molar-refractivity contribution in [3.8, 4) is 0 Å². The molecule has 0 spiro atoms. The standard InChI is InChI=1S/C8H19N3O3S/c1-4-15(13,14)11(7(2)3)6-5-8(9)10-12/h7,12H,4-6H2,1-3H3,(H2,9,10). The minimum absolute atomic E-state index is 0.0342. The van der Waals surface area contributed by atoms with Crippen LogP contribution >= 0.6 is 0 Å². The van der Waals surface area contributed by atoms with Crippen molar-refractivity contribution in [3.63, 3.8) is 0 Å². The summed E-state index contributed by atoms with van der Waals surface area (Å²) in [5.41, 5.74) is 5.28. The van der Waals surface area contributed by atoms with Crippen LogP contribution in [0.5, 0.6) is 0 Å². The highest BCUT2D eigenvalue weighted by molar-refractivity contribution is 7.89. The van der Waals surface area contributed by atoms with Crippen LogP contribution in [-0.2, 0) is 10.0 Å². The molecule has 0 saturated heterocycles. The average Bonchev–Trinajstić information content (AvgIpc) is 2.16. The van der Waals surface area contributed by atoms with E-state index in [2.05, 4.69) is 5.16 Å². The van der Waals surface area contributed by atoms with Gasteiger partial charge in [-0.15, -0.1) is 0 Å². The van der Waals surface area contributed by atoms with E-state index in [1.807, 2.05) is 0 Å². The zero-order chi connectivity index (χ0) is 12.1. The van der Waals surface area contributed by atoms with E-state index in [1.165, 1.54) is 4.31 Å². The third-order valence-electron chi connectivity index (χ3n) is 2.01. The van der Waals surface area contributed by atoms with E-state index in [1.54, 1.807) is 20.8 Å². The fourth-order valence-electron chi connectivity index (χ4n) is 1.16. The summed E-state index contributed by atoms with van der Waals surface area (Å²) < 4.78 is 24.6. The number of rotatable bonds is 6. The van der Waals surface area contributed by atoms with Gasteiger partial charge in [0.05, 0.1) is 5.75 Å². The van der Waals surface area contributed by atoms with E-state index in [4.69, 9.17) is 10.9 Å². The Morgan fingerprint density at radius 2 is 2.07 bits per heavy atom. The van der Waals surface area contributed by atoms with Gasteiger partial charge in [0.25, 0.3) is 0 Å². The number of amidine groups is 1. The largest absolute Gasteiger partial charge is 0.409 e. The lowest BCUT2D eigenvalue weighted by molar-refractivity contribution is 0.313.